The number of anilines is 1. The molecule has 0 aliphatic carbocycles. The molecule has 1 amide bonds. The number of fused-ring (bicyclic) bond motifs is 1. The van der Waals surface area contributed by atoms with Crippen molar-refractivity contribution in [3.8, 4) is 11.4 Å². The molecule has 0 atom stereocenters. The van der Waals surface area contributed by atoms with Crippen molar-refractivity contribution in [2.24, 2.45) is 0 Å². The molecule has 150 valence electrons. The first-order chi connectivity index (χ1) is 14.5. The molecule has 0 saturated carbocycles. The zero-order valence-corrected chi connectivity index (χ0v) is 16.3. The Morgan fingerprint density at radius 3 is 2.50 bits per heavy atom. The summed E-state index contributed by atoms with van der Waals surface area (Å²) in [5.74, 6) is -0.0230. The van der Waals surface area contributed by atoms with Gasteiger partial charge in [-0.3, -0.25) is 19.1 Å². The molecule has 8 heteroatoms. The summed E-state index contributed by atoms with van der Waals surface area (Å²) in [5.41, 5.74) is 0.457. The van der Waals surface area contributed by atoms with Crippen LogP contribution in [0.25, 0.3) is 11.4 Å². The molecule has 0 fully saturated rings. The van der Waals surface area contributed by atoms with Crippen molar-refractivity contribution in [3.05, 3.63) is 99.6 Å². The second-order valence-corrected chi connectivity index (χ2v) is 6.77. The van der Waals surface area contributed by atoms with Gasteiger partial charge in [-0.25, -0.2) is 4.79 Å². The third-order valence-corrected chi connectivity index (χ3v) is 4.82. The highest BCUT2D eigenvalue weighted by atomic mass is 16.2. The van der Waals surface area contributed by atoms with E-state index in [9.17, 15) is 14.4 Å². The number of hydrogen-bond donors (Lipinski definition) is 0. The van der Waals surface area contributed by atoms with Crippen LogP contribution in [0.2, 0.25) is 0 Å². The van der Waals surface area contributed by atoms with Crippen molar-refractivity contribution < 1.29 is 4.79 Å². The molecule has 8 nitrogen and oxygen atoms in total. The second-order valence-electron chi connectivity index (χ2n) is 6.77. The van der Waals surface area contributed by atoms with E-state index in [0.29, 0.717) is 5.69 Å². The van der Waals surface area contributed by atoms with Gasteiger partial charge in [0.15, 0.2) is 5.82 Å². The number of hydrogen-bond acceptors (Lipinski definition) is 5. The van der Waals surface area contributed by atoms with Crippen molar-refractivity contribution in [1.29, 1.82) is 0 Å². The maximum atomic E-state index is 12.9. The van der Waals surface area contributed by atoms with Gasteiger partial charge >= 0.3 is 5.69 Å². The Hall–Kier alpha value is -4.07. The first-order valence-corrected chi connectivity index (χ1v) is 9.36. The molecule has 2 aliphatic heterocycles. The fraction of sp³-hybridized carbons (Fsp3) is 0.136. The summed E-state index contributed by atoms with van der Waals surface area (Å²) in [5, 5.41) is 0. The predicted octanol–water partition coefficient (Wildman–Crippen LogP) is 1.62. The van der Waals surface area contributed by atoms with Crippen LogP contribution in [0.4, 0.5) is 5.69 Å². The Bertz CT molecular complexity index is 1270. The number of likely N-dealkylation sites (N-methyl/N-ethyl adjacent to an activating group) is 1. The molecule has 1 aromatic carbocycles. The van der Waals surface area contributed by atoms with Crippen LogP contribution in [-0.4, -0.2) is 32.1 Å². The highest BCUT2D eigenvalue weighted by molar-refractivity contribution is 5.92. The van der Waals surface area contributed by atoms with Gasteiger partial charge in [-0.1, -0.05) is 24.3 Å². The van der Waals surface area contributed by atoms with E-state index in [2.05, 4.69) is 9.97 Å². The van der Waals surface area contributed by atoms with Crippen LogP contribution >= 0.6 is 0 Å². The maximum absolute atomic E-state index is 12.9. The predicted molar refractivity (Wildman–Crippen MR) is 113 cm³/mol. The summed E-state index contributed by atoms with van der Waals surface area (Å²) in [4.78, 5) is 48.0. The fourth-order valence-corrected chi connectivity index (χ4v) is 3.19. The third-order valence-electron chi connectivity index (χ3n) is 4.82. The van der Waals surface area contributed by atoms with E-state index in [1.54, 1.807) is 49.8 Å². The van der Waals surface area contributed by atoms with Crippen LogP contribution in [0.1, 0.15) is 5.69 Å². The lowest BCUT2D eigenvalue weighted by molar-refractivity contribution is -0.118. The Kier molecular flexibility index (Phi) is 5.21. The minimum atomic E-state index is -0.679. The minimum absolute atomic E-state index is 0.0337. The number of benzene rings is 1. The first-order valence-electron chi connectivity index (χ1n) is 9.36. The topological polar surface area (TPSA) is 90.1 Å². The Balaban J connectivity index is 1.68. The summed E-state index contributed by atoms with van der Waals surface area (Å²) in [7, 11) is 1.68. The van der Waals surface area contributed by atoms with E-state index >= 15 is 0 Å². The van der Waals surface area contributed by atoms with E-state index in [-0.39, 0.29) is 30.4 Å². The first kappa shape index (κ1) is 19.3. The molecule has 0 spiro atoms. The molecule has 1 aromatic heterocycles. The van der Waals surface area contributed by atoms with Crippen LogP contribution in [0.3, 0.4) is 0 Å². The van der Waals surface area contributed by atoms with Crippen molar-refractivity contribution in [1.82, 2.24) is 19.1 Å². The monoisotopic (exact) mass is 401 g/mol. The number of carbonyl (C=O) groups excluding carboxylic acids is 1. The van der Waals surface area contributed by atoms with Crippen LogP contribution < -0.4 is 16.1 Å². The Morgan fingerprint density at radius 1 is 1.00 bits per heavy atom. The standard InChI is InChI=1S/C22H19N5O3/c1-25(17-9-3-2-4-10-17)19(28)15-26-13-7-11-18-20(26)24-22(30)27(21(18)29)14-16-8-5-6-12-23-16/h2-13H,14-15H2,1H3. The van der Waals surface area contributed by atoms with Crippen LogP contribution in [0.5, 0.6) is 0 Å². The van der Waals surface area contributed by atoms with E-state index in [4.69, 9.17) is 0 Å². The number of rotatable bonds is 5. The largest absolute Gasteiger partial charge is 0.352 e. The van der Waals surface area contributed by atoms with E-state index in [1.807, 2.05) is 30.3 Å². The normalized spacial score (nSPS) is 10.8. The van der Waals surface area contributed by atoms with Gasteiger partial charge in [-0.05, 0) is 36.4 Å². The van der Waals surface area contributed by atoms with Crippen LogP contribution in [0, 0.1) is 0 Å². The molecule has 0 unspecified atom stereocenters. The summed E-state index contributed by atoms with van der Waals surface area (Å²) in [6.07, 6.45) is 3.23. The highest BCUT2D eigenvalue weighted by Gasteiger charge is 2.20. The molecule has 0 saturated heterocycles. The van der Waals surface area contributed by atoms with Crippen LogP contribution in [0.15, 0.2) is 82.6 Å². The Labute approximate surface area is 172 Å². The molecule has 2 aliphatic rings. The second kappa shape index (κ2) is 8.12. The summed E-state index contributed by atoms with van der Waals surface area (Å²) in [6.45, 7) is -0.0229. The lowest BCUT2D eigenvalue weighted by atomic mass is 10.2. The fourth-order valence-electron chi connectivity index (χ4n) is 3.19. The van der Waals surface area contributed by atoms with Gasteiger partial charge in [0.05, 0.1) is 17.8 Å². The molecule has 30 heavy (non-hydrogen) atoms. The molecule has 0 N–H and O–H groups in total. The maximum Gasteiger partial charge on any atom is 0.352 e. The molecular weight excluding hydrogens is 382 g/mol. The number of aromatic nitrogens is 4. The number of para-hydroxylation sites is 1. The highest BCUT2D eigenvalue weighted by Crippen LogP contribution is 2.16. The average molecular weight is 401 g/mol. The van der Waals surface area contributed by atoms with Gasteiger partial charge in [0, 0.05) is 25.1 Å². The van der Waals surface area contributed by atoms with Crippen molar-refractivity contribution >= 4 is 11.6 Å². The molecule has 3 heterocycles. The molecule has 4 rings (SSSR count). The molecular formula is C22H19N5O3. The number of carbonyl (C=O) groups is 1. The zero-order valence-electron chi connectivity index (χ0n) is 16.3. The minimum Gasteiger partial charge on any atom is -0.323 e. The SMILES string of the molecule is CN(C(=O)Cn1cccc2c(=O)n(Cc3ccccn3)c(=O)nc1-2)c1ccccc1. The summed E-state index contributed by atoms with van der Waals surface area (Å²) >= 11 is 0. The quantitative estimate of drug-likeness (QED) is 0.507. The van der Waals surface area contributed by atoms with E-state index in [1.165, 1.54) is 9.47 Å². The van der Waals surface area contributed by atoms with Gasteiger partial charge in [0.25, 0.3) is 5.56 Å². The number of pyridine rings is 2. The van der Waals surface area contributed by atoms with Crippen molar-refractivity contribution in [3.63, 3.8) is 0 Å². The van der Waals surface area contributed by atoms with Crippen molar-refractivity contribution in [2.45, 2.75) is 13.1 Å². The van der Waals surface area contributed by atoms with Gasteiger partial charge in [-0.15, -0.1) is 0 Å². The van der Waals surface area contributed by atoms with E-state index < -0.39 is 11.2 Å². The average Bonchev–Trinajstić information content (AvgIpc) is 2.78. The molecule has 0 bridgehead atoms. The van der Waals surface area contributed by atoms with Crippen molar-refractivity contribution in [2.75, 3.05) is 11.9 Å². The Morgan fingerprint density at radius 2 is 1.77 bits per heavy atom. The van der Waals surface area contributed by atoms with Gasteiger partial charge in [0.1, 0.15) is 6.54 Å². The third kappa shape index (κ3) is 3.75. The van der Waals surface area contributed by atoms with Gasteiger partial charge < -0.3 is 9.47 Å². The van der Waals surface area contributed by atoms with Gasteiger partial charge in [-0.2, -0.15) is 4.98 Å². The summed E-state index contributed by atoms with van der Waals surface area (Å²) in [6, 6.07) is 17.8. The molecule has 2 aromatic rings. The lowest BCUT2D eigenvalue weighted by Gasteiger charge is -2.20. The van der Waals surface area contributed by atoms with E-state index in [0.717, 1.165) is 10.3 Å². The van der Waals surface area contributed by atoms with Crippen LogP contribution in [-0.2, 0) is 17.9 Å². The van der Waals surface area contributed by atoms with Gasteiger partial charge in [0.2, 0.25) is 5.91 Å². The zero-order chi connectivity index (χ0) is 21.1. The lowest BCUT2D eigenvalue weighted by Crippen LogP contribution is -2.39. The smallest absolute Gasteiger partial charge is 0.323 e. The summed E-state index contributed by atoms with van der Waals surface area (Å²) < 4.78 is 2.57. The number of nitrogens with zero attached hydrogens (tertiary/aromatic N) is 5. The molecule has 0 radical (unpaired) electrons. The number of amides is 1.